The van der Waals surface area contributed by atoms with E-state index in [1.807, 2.05) is 6.08 Å². The molecule has 0 aromatic heterocycles. The zero-order valence-corrected chi connectivity index (χ0v) is 7.97. The maximum Gasteiger partial charge on any atom is 0.0221 e. The van der Waals surface area contributed by atoms with Gasteiger partial charge in [-0.05, 0) is 18.8 Å². The Balaban J connectivity index is 2.08. The summed E-state index contributed by atoms with van der Waals surface area (Å²) in [6.45, 7) is 3.70. The molecule has 1 heteroatoms. The second-order valence-corrected chi connectivity index (χ2v) is 3.98. The summed E-state index contributed by atoms with van der Waals surface area (Å²) in [4.78, 5) is 0. The van der Waals surface area contributed by atoms with E-state index < -0.39 is 0 Å². The molecule has 70 valence electrons. The van der Waals surface area contributed by atoms with Crippen LogP contribution in [-0.4, -0.2) is 6.04 Å². The Labute approximate surface area is 76.0 Å². The lowest BCUT2D eigenvalue weighted by Gasteiger charge is -2.22. The van der Waals surface area contributed by atoms with Crippen molar-refractivity contribution in [2.45, 2.75) is 51.0 Å². The van der Waals surface area contributed by atoms with Gasteiger partial charge in [0.15, 0.2) is 0 Å². The average Bonchev–Trinajstić information content (AvgIpc) is 2.16. The van der Waals surface area contributed by atoms with Crippen molar-refractivity contribution in [3.8, 4) is 0 Å². The zero-order valence-electron chi connectivity index (χ0n) is 7.97. The highest BCUT2D eigenvalue weighted by Crippen LogP contribution is 2.27. The van der Waals surface area contributed by atoms with Crippen LogP contribution < -0.4 is 5.73 Å². The van der Waals surface area contributed by atoms with Crippen LogP contribution in [0.5, 0.6) is 0 Å². The van der Waals surface area contributed by atoms with Crippen LogP contribution in [0.2, 0.25) is 0 Å². The molecule has 1 unspecified atom stereocenters. The van der Waals surface area contributed by atoms with Crippen molar-refractivity contribution in [3.05, 3.63) is 12.7 Å². The van der Waals surface area contributed by atoms with E-state index in [1.54, 1.807) is 0 Å². The van der Waals surface area contributed by atoms with Gasteiger partial charge in [-0.3, -0.25) is 0 Å². The average molecular weight is 167 g/mol. The van der Waals surface area contributed by atoms with Gasteiger partial charge < -0.3 is 5.73 Å². The van der Waals surface area contributed by atoms with E-state index >= 15 is 0 Å². The third-order valence-corrected chi connectivity index (χ3v) is 2.94. The maximum absolute atomic E-state index is 5.77. The standard InChI is InChI=1S/C11H21N/c1-2-11(12)9-8-10-6-4-3-5-7-10/h2,10-11H,1,3-9,12H2. The highest BCUT2D eigenvalue weighted by atomic mass is 14.6. The third-order valence-electron chi connectivity index (χ3n) is 2.94. The molecule has 1 nitrogen and oxygen atoms in total. The van der Waals surface area contributed by atoms with E-state index in [-0.39, 0.29) is 6.04 Å². The molecule has 0 aliphatic heterocycles. The highest BCUT2D eigenvalue weighted by molar-refractivity contribution is 4.82. The van der Waals surface area contributed by atoms with Gasteiger partial charge in [0.25, 0.3) is 0 Å². The van der Waals surface area contributed by atoms with E-state index in [0.29, 0.717) is 0 Å². The maximum atomic E-state index is 5.77. The lowest BCUT2D eigenvalue weighted by molar-refractivity contribution is 0.328. The molecule has 1 aliphatic carbocycles. The van der Waals surface area contributed by atoms with Gasteiger partial charge >= 0.3 is 0 Å². The summed E-state index contributed by atoms with van der Waals surface area (Å²) in [6.07, 6.45) is 11.5. The van der Waals surface area contributed by atoms with Crippen LogP contribution >= 0.6 is 0 Å². The Kier molecular flexibility index (Phi) is 4.37. The quantitative estimate of drug-likeness (QED) is 0.640. The Morgan fingerprint density at radius 1 is 1.33 bits per heavy atom. The number of nitrogens with two attached hydrogens (primary N) is 1. The molecular formula is C11H21N. The minimum atomic E-state index is 0.229. The fourth-order valence-corrected chi connectivity index (χ4v) is 2.02. The van der Waals surface area contributed by atoms with Crippen molar-refractivity contribution < 1.29 is 0 Å². The Morgan fingerprint density at radius 2 is 2.00 bits per heavy atom. The molecule has 0 aromatic rings. The molecule has 0 amide bonds. The van der Waals surface area contributed by atoms with Gasteiger partial charge in [0.05, 0.1) is 0 Å². The number of rotatable bonds is 4. The van der Waals surface area contributed by atoms with Crippen molar-refractivity contribution >= 4 is 0 Å². The van der Waals surface area contributed by atoms with Crippen LogP contribution in [0.1, 0.15) is 44.9 Å². The summed E-state index contributed by atoms with van der Waals surface area (Å²) >= 11 is 0. The summed E-state index contributed by atoms with van der Waals surface area (Å²) in [5.74, 6) is 0.963. The fourth-order valence-electron chi connectivity index (χ4n) is 2.02. The lowest BCUT2D eigenvalue weighted by Crippen LogP contribution is -2.18. The molecule has 0 spiro atoms. The fraction of sp³-hybridized carbons (Fsp3) is 0.818. The predicted octanol–water partition coefficient (Wildman–Crippen LogP) is 2.86. The lowest BCUT2D eigenvalue weighted by atomic mass is 9.85. The Hall–Kier alpha value is -0.300. The van der Waals surface area contributed by atoms with Crippen molar-refractivity contribution in [1.82, 2.24) is 0 Å². The van der Waals surface area contributed by atoms with Crippen molar-refractivity contribution in [1.29, 1.82) is 0 Å². The van der Waals surface area contributed by atoms with Crippen LogP contribution in [0.4, 0.5) is 0 Å². The smallest absolute Gasteiger partial charge is 0.0221 e. The van der Waals surface area contributed by atoms with Crippen molar-refractivity contribution in [2.24, 2.45) is 11.7 Å². The van der Waals surface area contributed by atoms with Gasteiger partial charge in [0, 0.05) is 6.04 Å². The van der Waals surface area contributed by atoms with Crippen LogP contribution in [0.25, 0.3) is 0 Å². The van der Waals surface area contributed by atoms with Gasteiger partial charge in [0.2, 0.25) is 0 Å². The molecule has 1 atom stereocenters. The first-order valence-corrected chi connectivity index (χ1v) is 5.21. The third kappa shape index (κ3) is 3.40. The van der Waals surface area contributed by atoms with Gasteiger partial charge in [-0.2, -0.15) is 0 Å². The molecule has 0 aromatic carbocycles. The van der Waals surface area contributed by atoms with Crippen LogP contribution in [0.3, 0.4) is 0 Å². The van der Waals surface area contributed by atoms with E-state index in [2.05, 4.69) is 6.58 Å². The van der Waals surface area contributed by atoms with E-state index in [1.165, 1.54) is 38.5 Å². The van der Waals surface area contributed by atoms with E-state index in [4.69, 9.17) is 5.73 Å². The summed E-state index contributed by atoms with van der Waals surface area (Å²) in [5, 5.41) is 0. The second kappa shape index (κ2) is 5.36. The summed E-state index contributed by atoms with van der Waals surface area (Å²) in [5.41, 5.74) is 5.77. The molecular weight excluding hydrogens is 146 g/mol. The minimum absolute atomic E-state index is 0.229. The number of hydrogen-bond donors (Lipinski definition) is 1. The van der Waals surface area contributed by atoms with Crippen molar-refractivity contribution in [2.75, 3.05) is 0 Å². The summed E-state index contributed by atoms with van der Waals surface area (Å²) in [7, 11) is 0. The van der Waals surface area contributed by atoms with Gasteiger partial charge in [-0.25, -0.2) is 0 Å². The molecule has 0 saturated heterocycles. The Morgan fingerprint density at radius 3 is 2.58 bits per heavy atom. The van der Waals surface area contributed by atoms with E-state index in [0.717, 1.165) is 12.3 Å². The first kappa shape index (κ1) is 9.79. The monoisotopic (exact) mass is 167 g/mol. The topological polar surface area (TPSA) is 26.0 Å². The van der Waals surface area contributed by atoms with E-state index in [9.17, 15) is 0 Å². The van der Waals surface area contributed by atoms with Crippen LogP contribution in [0, 0.1) is 5.92 Å². The zero-order chi connectivity index (χ0) is 8.81. The van der Waals surface area contributed by atoms with Gasteiger partial charge in [-0.1, -0.05) is 38.2 Å². The molecule has 1 fully saturated rings. The van der Waals surface area contributed by atoms with Gasteiger partial charge in [-0.15, -0.1) is 6.58 Å². The molecule has 2 N–H and O–H groups in total. The predicted molar refractivity (Wildman–Crippen MR) is 54.0 cm³/mol. The molecule has 12 heavy (non-hydrogen) atoms. The first-order valence-electron chi connectivity index (χ1n) is 5.21. The van der Waals surface area contributed by atoms with Crippen LogP contribution in [0.15, 0.2) is 12.7 Å². The van der Waals surface area contributed by atoms with Crippen LogP contribution in [-0.2, 0) is 0 Å². The molecule has 1 aliphatic rings. The van der Waals surface area contributed by atoms with Crippen molar-refractivity contribution in [3.63, 3.8) is 0 Å². The first-order chi connectivity index (χ1) is 5.83. The summed E-state index contributed by atoms with van der Waals surface area (Å²) in [6, 6.07) is 0.229. The SMILES string of the molecule is C=CC(N)CCC1CCCCC1. The Bertz CT molecular complexity index is 125. The minimum Gasteiger partial charge on any atom is -0.324 e. The molecule has 1 saturated carbocycles. The normalized spacial score (nSPS) is 22.1. The largest absolute Gasteiger partial charge is 0.324 e. The molecule has 1 rings (SSSR count). The molecule has 0 heterocycles. The molecule has 0 bridgehead atoms. The molecule has 0 radical (unpaired) electrons. The summed E-state index contributed by atoms with van der Waals surface area (Å²) < 4.78 is 0. The highest BCUT2D eigenvalue weighted by Gasteiger charge is 2.13. The second-order valence-electron chi connectivity index (χ2n) is 3.98. The van der Waals surface area contributed by atoms with Gasteiger partial charge in [0.1, 0.15) is 0 Å². The number of hydrogen-bond acceptors (Lipinski definition) is 1.